The smallest absolute Gasteiger partial charge is 0.106 e. The van der Waals surface area contributed by atoms with Crippen molar-refractivity contribution in [3.63, 3.8) is 0 Å². The average molecular weight is 189 g/mol. The predicted molar refractivity (Wildman–Crippen MR) is 41.6 cm³/mol. The largest absolute Gasteiger partial charge is 0.497 e. The van der Waals surface area contributed by atoms with Gasteiger partial charge >= 0.3 is 0 Å². The lowest BCUT2D eigenvalue weighted by Crippen LogP contribution is -1.99. The van der Waals surface area contributed by atoms with Crippen LogP contribution in [0, 0.1) is 0 Å². The maximum absolute atomic E-state index is 4.97. The van der Waals surface area contributed by atoms with Crippen molar-refractivity contribution in [3.8, 4) is 0 Å². The van der Waals surface area contributed by atoms with Crippen LogP contribution in [-0.2, 0) is 4.74 Å². The molecule has 0 aromatic heterocycles. The summed E-state index contributed by atoms with van der Waals surface area (Å²) in [6, 6.07) is 0. The molecule has 1 heterocycles. The van der Waals surface area contributed by atoms with Gasteiger partial charge in [-0.2, -0.15) is 0 Å². The Labute approximate surface area is 63.5 Å². The summed E-state index contributed by atoms with van der Waals surface area (Å²) in [6.45, 7) is 2.81. The van der Waals surface area contributed by atoms with Crippen molar-refractivity contribution < 1.29 is 4.74 Å². The molecule has 9 heavy (non-hydrogen) atoms. The van der Waals surface area contributed by atoms with E-state index < -0.39 is 0 Å². The molecule has 0 saturated heterocycles. The zero-order valence-electron chi connectivity index (χ0n) is 5.30. The van der Waals surface area contributed by atoms with Crippen LogP contribution in [-0.4, -0.2) is 11.4 Å². The molecule has 1 atom stereocenters. The van der Waals surface area contributed by atoms with E-state index in [2.05, 4.69) is 28.9 Å². The van der Waals surface area contributed by atoms with E-state index in [0.717, 1.165) is 0 Å². The summed E-state index contributed by atoms with van der Waals surface area (Å²) in [5, 5.41) is 0. The molecule has 0 saturated carbocycles. The predicted octanol–water partition coefficient (Wildman–Crippen LogP) is 2.24. The highest BCUT2D eigenvalue weighted by atomic mass is 79.9. The fourth-order valence-corrected chi connectivity index (χ4v) is 1.03. The Hall–Kier alpha value is -0.240. The van der Waals surface area contributed by atoms with E-state index in [1.807, 2.05) is 6.08 Å². The van der Waals surface area contributed by atoms with Crippen molar-refractivity contribution in [2.45, 2.75) is 11.8 Å². The van der Waals surface area contributed by atoms with E-state index in [9.17, 15) is 0 Å². The minimum Gasteiger partial charge on any atom is -0.497 e. The van der Waals surface area contributed by atoms with Crippen LogP contribution in [0.5, 0.6) is 0 Å². The molecule has 1 unspecified atom stereocenters. The van der Waals surface area contributed by atoms with Gasteiger partial charge < -0.3 is 4.74 Å². The number of ether oxygens (including phenoxy) is 1. The number of halogens is 1. The normalized spacial score (nSPS) is 20.4. The fourth-order valence-electron chi connectivity index (χ4n) is 0.690. The Kier molecular flexibility index (Phi) is 2.34. The molecule has 0 radical (unpaired) electrons. The molecule has 0 N–H and O–H groups in total. The molecule has 0 aliphatic carbocycles. The number of rotatable bonds is 1. The molecule has 1 aliphatic heterocycles. The minimum atomic E-state index is 0.442. The Morgan fingerprint density at radius 1 is 1.78 bits per heavy atom. The monoisotopic (exact) mass is 188 g/mol. The summed E-state index contributed by atoms with van der Waals surface area (Å²) >= 11 is 3.46. The molecule has 1 nitrogen and oxygen atoms in total. The summed E-state index contributed by atoms with van der Waals surface area (Å²) < 4.78 is 4.97. The lowest BCUT2D eigenvalue weighted by atomic mass is 10.2. The summed E-state index contributed by atoms with van der Waals surface area (Å²) in [6.07, 6.45) is 5.77. The van der Waals surface area contributed by atoms with Gasteiger partial charge in [0, 0.05) is 4.83 Å². The zero-order chi connectivity index (χ0) is 6.69. The molecule has 50 valence electrons. The van der Waals surface area contributed by atoms with Crippen LogP contribution in [0.2, 0.25) is 0 Å². The second-order valence-electron chi connectivity index (χ2n) is 1.96. The summed E-state index contributed by atoms with van der Waals surface area (Å²) in [5.41, 5.74) is 1.29. The molecule has 1 rings (SSSR count). The second kappa shape index (κ2) is 3.06. The van der Waals surface area contributed by atoms with Gasteiger partial charge in [0.2, 0.25) is 0 Å². The number of hydrogen-bond acceptors (Lipinski definition) is 1. The molecule has 0 amide bonds. The van der Waals surface area contributed by atoms with E-state index in [1.54, 1.807) is 6.26 Å². The van der Waals surface area contributed by atoms with Gasteiger partial charge in [-0.25, -0.2) is 0 Å². The first-order valence-corrected chi connectivity index (χ1v) is 3.84. The van der Waals surface area contributed by atoms with Crippen LogP contribution in [0.1, 0.15) is 6.92 Å². The molecule has 0 aromatic rings. The molecule has 1 aliphatic rings. The number of allylic oxidation sites excluding steroid dienone is 2. The molecular weight excluding hydrogens is 180 g/mol. The van der Waals surface area contributed by atoms with E-state index in [-0.39, 0.29) is 0 Å². The maximum Gasteiger partial charge on any atom is 0.106 e. The zero-order valence-corrected chi connectivity index (χ0v) is 6.89. The first-order chi connectivity index (χ1) is 4.30. The first kappa shape index (κ1) is 6.87. The average Bonchev–Trinajstić information content (AvgIpc) is 1.90. The van der Waals surface area contributed by atoms with Crippen molar-refractivity contribution >= 4 is 15.9 Å². The van der Waals surface area contributed by atoms with Gasteiger partial charge in [-0.05, 0) is 24.6 Å². The van der Waals surface area contributed by atoms with Crippen LogP contribution >= 0.6 is 15.9 Å². The van der Waals surface area contributed by atoms with Gasteiger partial charge in [-0.15, -0.1) is 0 Å². The third kappa shape index (κ3) is 1.86. The lowest BCUT2D eigenvalue weighted by molar-refractivity contribution is 0.284. The van der Waals surface area contributed by atoms with Gasteiger partial charge in [0.25, 0.3) is 0 Å². The molecular formula is C7H9BrO. The number of hydrogen-bond donors (Lipinski definition) is 0. The van der Waals surface area contributed by atoms with Crippen LogP contribution in [0.3, 0.4) is 0 Å². The van der Waals surface area contributed by atoms with E-state index in [4.69, 9.17) is 4.74 Å². The third-order valence-corrected chi connectivity index (χ3v) is 1.76. The van der Waals surface area contributed by atoms with E-state index in [0.29, 0.717) is 11.4 Å². The van der Waals surface area contributed by atoms with Crippen LogP contribution in [0.25, 0.3) is 0 Å². The molecule has 0 bridgehead atoms. The Bertz CT molecular complexity index is 147. The van der Waals surface area contributed by atoms with Gasteiger partial charge in [-0.1, -0.05) is 15.9 Å². The second-order valence-corrected chi connectivity index (χ2v) is 3.33. The standard InChI is InChI=1S/C7H9BrO/c1-6(8)7-2-4-9-5-3-7/h2-4,6H,5H2,1H3. The highest BCUT2D eigenvalue weighted by molar-refractivity contribution is 9.09. The van der Waals surface area contributed by atoms with Crippen LogP contribution in [0.15, 0.2) is 24.0 Å². The van der Waals surface area contributed by atoms with E-state index in [1.165, 1.54) is 5.57 Å². The third-order valence-electron chi connectivity index (χ3n) is 1.23. The first-order valence-electron chi connectivity index (χ1n) is 2.93. The highest BCUT2D eigenvalue weighted by Gasteiger charge is 2.02. The van der Waals surface area contributed by atoms with Crippen molar-refractivity contribution in [3.05, 3.63) is 24.0 Å². The molecule has 0 fully saturated rings. The van der Waals surface area contributed by atoms with Crippen LogP contribution in [0.4, 0.5) is 0 Å². The minimum absolute atomic E-state index is 0.442. The molecule has 0 spiro atoms. The Morgan fingerprint density at radius 2 is 2.56 bits per heavy atom. The molecule has 0 aromatic carbocycles. The summed E-state index contributed by atoms with van der Waals surface area (Å²) in [5.74, 6) is 0. The van der Waals surface area contributed by atoms with E-state index >= 15 is 0 Å². The Balaban J connectivity index is 2.58. The van der Waals surface area contributed by atoms with Crippen molar-refractivity contribution in [2.24, 2.45) is 0 Å². The van der Waals surface area contributed by atoms with Crippen molar-refractivity contribution in [2.75, 3.05) is 6.61 Å². The maximum atomic E-state index is 4.97. The van der Waals surface area contributed by atoms with Gasteiger partial charge in [0.15, 0.2) is 0 Å². The topological polar surface area (TPSA) is 9.23 Å². The van der Waals surface area contributed by atoms with Gasteiger partial charge in [-0.3, -0.25) is 0 Å². The quantitative estimate of drug-likeness (QED) is 0.574. The number of alkyl halides is 1. The van der Waals surface area contributed by atoms with Crippen molar-refractivity contribution in [1.82, 2.24) is 0 Å². The van der Waals surface area contributed by atoms with Gasteiger partial charge in [0.05, 0.1) is 6.26 Å². The van der Waals surface area contributed by atoms with Crippen LogP contribution < -0.4 is 0 Å². The lowest BCUT2D eigenvalue weighted by Gasteiger charge is -2.08. The van der Waals surface area contributed by atoms with Crippen molar-refractivity contribution in [1.29, 1.82) is 0 Å². The van der Waals surface area contributed by atoms with Gasteiger partial charge in [0.1, 0.15) is 6.61 Å². The fraction of sp³-hybridized carbons (Fsp3) is 0.429. The summed E-state index contributed by atoms with van der Waals surface area (Å²) in [4.78, 5) is 0.442. The highest BCUT2D eigenvalue weighted by Crippen LogP contribution is 2.14. The summed E-state index contributed by atoms with van der Waals surface area (Å²) in [7, 11) is 0. The SMILES string of the molecule is CC(Br)C1=CCOC=C1. The Morgan fingerprint density at radius 3 is 2.89 bits per heavy atom. The molecule has 2 heteroatoms.